The third-order valence-electron chi connectivity index (χ3n) is 4.72. The maximum Gasteiger partial charge on any atom is 0.109 e. The van der Waals surface area contributed by atoms with Crippen LogP contribution in [0.25, 0.3) is 0 Å². The molecule has 0 heterocycles. The van der Waals surface area contributed by atoms with Crippen molar-refractivity contribution in [2.24, 2.45) is 5.92 Å². The molecule has 1 saturated carbocycles. The highest BCUT2D eigenvalue weighted by Gasteiger charge is 2.42. The van der Waals surface area contributed by atoms with Crippen molar-refractivity contribution in [2.75, 3.05) is 47.3 Å². The van der Waals surface area contributed by atoms with E-state index in [1.807, 2.05) is 0 Å². The number of rotatable bonds is 10. The van der Waals surface area contributed by atoms with Gasteiger partial charge in [0.25, 0.3) is 0 Å². The van der Waals surface area contributed by atoms with E-state index in [9.17, 15) is 5.26 Å². The summed E-state index contributed by atoms with van der Waals surface area (Å²) >= 11 is 0. The van der Waals surface area contributed by atoms with Gasteiger partial charge in [-0.3, -0.25) is 5.32 Å². The van der Waals surface area contributed by atoms with Gasteiger partial charge >= 0.3 is 0 Å². The van der Waals surface area contributed by atoms with Crippen LogP contribution in [0, 0.1) is 17.2 Å². The third kappa shape index (κ3) is 5.94. The zero-order valence-corrected chi connectivity index (χ0v) is 14.5. The second-order valence-electron chi connectivity index (χ2n) is 6.85. The molecule has 1 aliphatic carbocycles. The maximum absolute atomic E-state index is 9.65. The normalized spacial score (nSPS) is 25.7. The van der Waals surface area contributed by atoms with Gasteiger partial charge in [-0.2, -0.15) is 5.26 Å². The lowest BCUT2D eigenvalue weighted by Gasteiger charge is -2.31. The molecule has 1 rings (SSSR count). The summed E-state index contributed by atoms with van der Waals surface area (Å²) in [5.41, 5.74) is -0.250. The summed E-state index contributed by atoms with van der Waals surface area (Å²) in [7, 11) is 6.45. The Kier molecular flexibility index (Phi) is 8.24. The van der Waals surface area contributed by atoms with Crippen molar-refractivity contribution in [2.45, 2.75) is 51.0 Å². The fraction of sp³-hybridized carbons (Fsp3) is 0.941. The van der Waals surface area contributed by atoms with Crippen molar-refractivity contribution in [3.8, 4) is 6.07 Å². The van der Waals surface area contributed by atoms with Crippen LogP contribution in [0.2, 0.25) is 0 Å². The zero-order valence-electron chi connectivity index (χ0n) is 14.5. The van der Waals surface area contributed by atoms with E-state index in [1.54, 1.807) is 0 Å². The minimum absolute atomic E-state index is 0.250. The van der Waals surface area contributed by atoms with Gasteiger partial charge in [0.2, 0.25) is 0 Å². The van der Waals surface area contributed by atoms with Gasteiger partial charge in [-0.1, -0.05) is 13.3 Å². The molecule has 122 valence electrons. The molecule has 4 heteroatoms. The number of nitrogens with zero attached hydrogens (tertiary/aromatic N) is 3. The molecule has 0 amide bonds. The van der Waals surface area contributed by atoms with Crippen LogP contribution in [0.4, 0.5) is 0 Å². The van der Waals surface area contributed by atoms with E-state index in [4.69, 9.17) is 0 Å². The van der Waals surface area contributed by atoms with E-state index in [1.165, 1.54) is 19.3 Å². The largest absolute Gasteiger partial charge is 0.309 e. The van der Waals surface area contributed by atoms with E-state index in [0.29, 0.717) is 5.92 Å². The second kappa shape index (κ2) is 9.40. The van der Waals surface area contributed by atoms with Gasteiger partial charge in [0.05, 0.1) is 6.07 Å². The van der Waals surface area contributed by atoms with E-state index in [2.05, 4.69) is 49.3 Å². The topological polar surface area (TPSA) is 42.3 Å². The highest BCUT2D eigenvalue weighted by molar-refractivity contribution is 5.14. The van der Waals surface area contributed by atoms with Gasteiger partial charge < -0.3 is 9.80 Å². The predicted octanol–water partition coefficient (Wildman–Crippen LogP) is 2.32. The molecular weight excluding hydrogens is 260 g/mol. The molecule has 21 heavy (non-hydrogen) atoms. The molecule has 0 aromatic rings. The Morgan fingerprint density at radius 2 is 2.00 bits per heavy atom. The van der Waals surface area contributed by atoms with Crippen molar-refractivity contribution in [1.29, 1.82) is 5.26 Å². The summed E-state index contributed by atoms with van der Waals surface area (Å²) < 4.78 is 0. The lowest BCUT2D eigenvalue weighted by Crippen LogP contribution is -2.48. The summed E-state index contributed by atoms with van der Waals surface area (Å²) in [6.45, 7) is 6.53. The lowest BCUT2D eigenvalue weighted by atomic mass is 9.85. The molecular formula is C17H34N4. The molecule has 0 aromatic carbocycles. The SMILES string of the molecule is CCCNC1(C#N)CCCC1CCN(C)CCCN(C)C. The minimum atomic E-state index is -0.250. The van der Waals surface area contributed by atoms with Crippen molar-refractivity contribution >= 4 is 0 Å². The average molecular weight is 294 g/mol. The Labute approximate surface area is 131 Å². The molecule has 0 bridgehead atoms. The molecule has 2 atom stereocenters. The summed E-state index contributed by atoms with van der Waals surface area (Å²) in [5, 5.41) is 13.2. The maximum atomic E-state index is 9.65. The van der Waals surface area contributed by atoms with Crippen LogP contribution >= 0.6 is 0 Å². The van der Waals surface area contributed by atoms with E-state index in [0.717, 1.165) is 45.4 Å². The number of nitriles is 1. The monoisotopic (exact) mass is 294 g/mol. The second-order valence-corrected chi connectivity index (χ2v) is 6.85. The highest BCUT2D eigenvalue weighted by Crippen LogP contribution is 2.37. The fourth-order valence-corrected chi connectivity index (χ4v) is 3.38. The fourth-order valence-electron chi connectivity index (χ4n) is 3.38. The molecule has 0 spiro atoms. The van der Waals surface area contributed by atoms with E-state index >= 15 is 0 Å². The summed E-state index contributed by atoms with van der Waals surface area (Å²) in [6.07, 6.45) is 6.88. The number of nitrogens with one attached hydrogen (secondary N) is 1. The number of hydrogen-bond donors (Lipinski definition) is 1. The summed E-state index contributed by atoms with van der Waals surface area (Å²) in [4.78, 5) is 4.66. The molecule has 1 fully saturated rings. The van der Waals surface area contributed by atoms with Crippen LogP contribution in [0.5, 0.6) is 0 Å². The van der Waals surface area contributed by atoms with Crippen molar-refractivity contribution < 1.29 is 0 Å². The standard InChI is InChI=1S/C17H34N4/c1-5-11-19-17(15-18)10-6-8-16(17)9-14-21(4)13-7-12-20(2)3/h16,19H,5-14H2,1-4H3. The third-order valence-corrected chi connectivity index (χ3v) is 4.72. The number of hydrogen-bond acceptors (Lipinski definition) is 4. The Morgan fingerprint density at radius 1 is 1.24 bits per heavy atom. The molecule has 0 radical (unpaired) electrons. The molecule has 0 saturated heterocycles. The Bertz CT molecular complexity index is 323. The summed E-state index contributed by atoms with van der Waals surface area (Å²) in [5.74, 6) is 0.519. The first-order chi connectivity index (χ1) is 10.0. The smallest absolute Gasteiger partial charge is 0.109 e. The predicted molar refractivity (Wildman–Crippen MR) is 89.3 cm³/mol. The van der Waals surface area contributed by atoms with Crippen molar-refractivity contribution in [3.05, 3.63) is 0 Å². The van der Waals surface area contributed by atoms with Crippen LogP contribution in [0.3, 0.4) is 0 Å². The first-order valence-corrected chi connectivity index (χ1v) is 8.53. The molecule has 4 nitrogen and oxygen atoms in total. The Hall–Kier alpha value is -0.630. The van der Waals surface area contributed by atoms with Gasteiger partial charge in [-0.15, -0.1) is 0 Å². The average Bonchev–Trinajstić information content (AvgIpc) is 2.86. The van der Waals surface area contributed by atoms with Gasteiger partial charge in [-0.25, -0.2) is 0 Å². The van der Waals surface area contributed by atoms with E-state index in [-0.39, 0.29) is 5.54 Å². The molecule has 0 aliphatic heterocycles. The van der Waals surface area contributed by atoms with Gasteiger partial charge in [-0.05, 0) is 85.3 Å². The summed E-state index contributed by atoms with van der Waals surface area (Å²) in [6, 6.07) is 2.61. The highest BCUT2D eigenvalue weighted by atomic mass is 15.1. The quantitative estimate of drug-likeness (QED) is 0.671. The first kappa shape index (κ1) is 18.4. The van der Waals surface area contributed by atoms with Crippen molar-refractivity contribution in [1.82, 2.24) is 15.1 Å². The van der Waals surface area contributed by atoms with Gasteiger partial charge in [0.15, 0.2) is 0 Å². The molecule has 2 unspecified atom stereocenters. The zero-order chi connectivity index (χ0) is 15.7. The van der Waals surface area contributed by atoms with Crippen molar-refractivity contribution in [3.63, 3.8) is 0 Å². The Morgan fingerprint density at radius 3 is 2.62 bits per heavy atom. The minimum Gasteiger partial charge on any atom is -0.309 e. The Balaban J connectivity index is 2.37. The van der Waals surface area contributed by atoms with Gasteiger partial charge in [0, 0.05) is 0 Å². The lowest BCUT2D eigenvalue weighted by molar-refractivity contribution is 0.242. The first-order valence-electron chi connectivity index (χ1n) is 8.53. The van der Waals surface area contributed by atoms with Crippen LogP contribution in [0.1, 0.15) is 45.4 Å². The van der Waals surface area contributed by atoms with E-state index < -0.39 is 0 Å². The van der Waals surface area contributed by atoms with Crippen LogP contribution < -0.4 is 5.32 Å². The van der Waals surface area contributed by atoms with Crippen LogP contribution in [-0.4, -0.2) is 62.7 Å². The molecule has 1 N–H and O–H groups in total. The molecule has 1 aliphatic rings. The van der Waals surface area contributed by atoms with Crippen LogP contribution in [-0.2, 0) is 0 Å². The molecule has 0 aromatic heterocycles. The van der Waals surface area contributed by atoms with Crippen LogP contribution in [0.15, 0.2) is 0 Å². The van der Waals surface area contributed by atoms with Gasteiger partial charge in [0.1, 0.15) is 5.54 Å².